The van der Waals surface area contributed by atoms with E-state index in [1.807, 2.05) is 0 Å². The Balaban J connectivity index is 1.76. The zero-order valence-electron chi connectivity index (χ0n) is 18.9. The maximum Gasteiger partial charge on any atom is 0.247 e. The molecule has 1 fully saturated rings. The first-order valence-corrected chi connectivity index (χ1v) is 13.9. The molecule has 180 valence electrons. The number of piperidine rings is 1. The van der Waals surface area contributed by atoms with Crippen molar-refractivity contribution in [1.29, 1.82) is 0 Å². The lowest BCUT2D eigenvalue weighted by atomic mass is 10.2. The van der Waals surface area contributed by atoms with Gasteiger partial charge >= 0.3 is 0 Å². The fourth-order valence-corrected chi connectivity index (χ4v) is 6.44. The molecule has 1 aliphatic heterocycles. The van der Waals surface area contributed by atoms with Crippen LogP contribution in [0.5, 0.6) is 5.75 Å². The molecule has 9 nitrogen and oxygen atoms in total. The minimum Gasteiger partial charge on any atom is -0.497 e. The Morgan fingerprint density at radius 1 is 0.970 bits per heavy atom. The number of methoxy groups -OCH3 is 1. The Bertz CT molecular complexity index is 1170. The number of rotatable bonds is 8. The number of carbonyl (C=O) groups excluding carboxylic acids is 1. The van der Waals surface area contributed by atoms with Crippen molar-refractivity contribution in [2.24, 2.45) is 0 Å². The average molecular weight is 496 g/mol. The zero-order valence-corrected chi connectivity index (χ0v) is 20.5. The fourth-order valence-electron chi connectivity index (χ4n) is 3.75. The third-order valence-electron chi connectivity index (χ3n) is 5.49. The van der Waals surface area contributed by atoms with Gasteiger partial charge in [-0.1, -0.05) is 6.42 Å². The predicted molar refractivity (Wildman–Crippen MR) is 127 cm³/mol. The maximum absolute atomic E-state index is 12.9. The highest BCUT2D eigenvalue weighted by Crippen LogP contribution is 2.25. The van der Waals surface area contributed by atoms with Crippen LogP contribution in [-0.2, 0) is 24.8 Å². The van der Waals surface area contributed by atoms with Crippen molar-refractivity contribution < 1.29 is 26.4 Å². The Hall–Kier alpha value is -2.63. The molecule has 1 N–H and O–H groups in total. The lowest BCUT2D eigenvalue weighted by molar-refractivity contribution is -0.116. The molecule has 1 aliphatic rings. The zero-order chi connectivity index (χ0) is 24.2. The number of hydrogen-bond donors (Lipinski definition) is 1. The van der Waals surface area contributed by atoms with Crippen molar-refractivity contribution in [3.8, 4) is 5.75 Å². The van der Waals surface area contributed by atoms with E-state index < -0.39 is 32.0 Å². The van der Waals surface area contributed by atoms with E-state index in [4.69, 9.17) is 4.74 Å². The smallest absolute Gasteiger partial charge is 0.247 e. The minimum atomic E-state index is -3.77. The van der Waals surface area contributed by atoms with Gasteiger partial charge in [-0.05, 0) is 68.3 Å². The molecular weight excluding hydrogens is 466 g/mol. The van der Waals surface area contributed by atoms with Gasteiger partial charge in [-0.25, -0.2) is 16.8 Å². The second-order valence-corrected chi connectivity index (χ2v) is 11.7. The van der Waals surface area contributed by atoms with E-state index in [0.29, 0.717) is 30.2 Å². The van der Waals surface area contributed by atoms with Crippen LogP contribution in [0, 0.1) is 0 Å². The summed E-state index contributed by atoms with van der Waals surface area (Å²) < 4.78 is 58.0. The van der Waals surface area contributed by atoms with Crippen LogP contribution >= 0.6 is 0 Å². The first-order valence-electron chi connectivity index (χ1n) is 10.6. The molecule has 0 aromatic heterocycles. The van der Waals surface area contributed by atoms with E-state index in [2.05, 4.69) is 5.32 Å². The maximum atomic E-state index is 12.9. The molecule has 3 rings (SSSR count). The summed E-state index contributed by atoms with van der Waals surface area (Å²) in [5.41, 5.74) is 0.691. The molecule has 0 saturated carbocycles. The van der Waals surface area contributed by atoms with Crippen molar-refractivity contribution in [1.82, 2.24) is 4.31 Å². The van der Waals surface area contributed by atoms with Gasteiger partial charge < -0.3 is 10.1 Å². The molecule has 1 heterocycles. The normalized spacial score (nSPS) is 16.1. The van der Waals surface area contributed by atoms with Crippen LogP contribution in [0.25, 0.3) is 0 Å². The highest BCUT2D eigenvalue weighted by Gasteiger charge is 2.30. The van der Waals surface area contributed by atoms with Gasteiger partial charge in [0.05, 0.1) is 23.9 Å². The molecule has 11 heteroatoms. The molecule has 2 aromatic carbocycles. The third kappa shape index (κ3) is 5.84. The SMILES string of the molecule is COc1ccc(N([C@@H](C)C(=O)Nc2ccc(S(=O)(=O)N3CCCCC3)cc2)S(C)(=O)=O)cc1. The summed E-state index contributed by atoms with van der Waals surface area (Å²) in [7, 11) is -5.84. The van der Waals surface area contributed by atoms with Crippen LogP contribution in [0.4, 0.5) is 11.4 Å². The van der Waals surface area contributed by atoms with Crippen molar-refractivity contribution >= 4 is 37.3 Å². The van der Waals surface area contributed by atoms with Gasteiger partial charge in [-0.2, -0.15) is 4.31 Å². The van der Waals surface area contributed by atoms with Gasteiger partial charge in [0, 0.05) is 18.8 Å². The number of sulfonamides is 2. The monoisotopic (exact) mass is 495 g/mol. The summed E-state index contributed by atoms with van der Waals surface area (Å²) in [4.78, 5) is 13.0. The molecular formula is C22H29N3O6S2. The number of anilines is 2. The van der Waals surface area contributed by atoms with Gasteiger partial charge in [-0.15, -0.1) is 0 Å². The summed E-state index contributed by atoms with van der Waals surface area (Å²) in [5.74, 6) is 0.00628. The van der Waals surface area contributed by atoms with Crippen LogP contribution in [0.15, 0.2) is 53.4 Å². The van der Waals surface area contributed by atoms with Gasteiger partial charge in [0.1, 0.15) is 11.8 Å². The van der Waals surface area contributed by atoms with Gasteiger partial charge in [0.15, 0.2) is 0 Å². The fraction of sp³-hybridized carbons (Fsp3) is 0.409. The van der Waals surface area contributed by atoms with E-state index >= 15 is 0 Å². The first kappa shape index (κ1) is 25.0. The van der Waals surface area contributed by atoms with Crippen molar-refractivity contribution in [2.45, 2.75) is 37.1 Å². The predicted octanol–water partition coefficient (Wildman–Crippen LogP) is 2.66. The van der Waals surface area contributed by atoms with Crippen LogP contribution in [-0.4, -0.2) is 59.5 Å². The van der Waals surface area contributed by atoms with Gasteiger partial charge in [-0.3, -0.25) is 9.10 Å². The summed E-state index contributed by atoms with van der Waals surface area (Å²) in [5, 5.41) is 2.67. The minimum absolute atomic E-state index is 0.159. The Labute approximate surface area is 195 Å². The van der Waals surface area contributed by atoms with Gasteiger partial charge in [0.2, 0.25) is 26.0 Å². The second kappa shape index (κ2) is 10.1. The highest BCUT2D eigenvalue weighted by atomic mass is 32.2. The molecule has 1 saturated heterocycles. The lowest BCUT2D eigenvalue weighted by Gasteiger charge is -2.28. The van der Waals surface area contributed by atoms with Crippen LogP contribution < -0.4 is 14.4 Å². The first-order chi connectivity index (χ1) is 15.5. The van der Waals surface area contributed by atoms with Crippen LogP contribution in [0.1, 0.15) is 26.2 Å². The summed E-state index contributed by atoms with van der Waals surface area (Å²) >= 11 is 0. The van der Waals surface area contributed by atoms with E-state index in [1.165, 1.54) is 42.6 Å². The molecule has 2 aromatic rings. The largest absolute Gasteiger partial charge is 0.497 e. The topological polar surface area (TPSA) is 113 Å². The molecule has 0 spiro atoms. The molecule has 1 amide bonds. The number of nitrogens with zero attached hydrogens (tertiary/aromatic N) is 2. The molecule has 0 radical (unpaired) electrons. The van der Waals surface area contributed by atoms with E-state index in [9.17, 15) is 21.6 Å². The summed E-state index contributed by atoms with van der Waals surface area (Å²) in [6.07, 6.45) is 3.74. The van der Waals surface area contributed by atoms with E-state index in [1.54, 1.807) is 24.3 Å². The van der Waals surface area contributed by atoms with Crippen molar-refractivity contribution in [3.05, 3.63) is 48.5 Å². The number of ether oxygens (including phenoxy) is 1. The molecule has 0 aliphatic carbocycles. The quantitative estimate of drug-likeness (QED) is 0.602. The summed E-state index contributed by atoms with van der Waals surface area (Å²) in [6, 6.07) is 11.2. The molecule has 33 heavy (non-hydrogen) atoms. The molecule has 0 unspecified atom stereocenters. The Kier molecular flexibility index (Phi) is 7.65. The van der Waals surface area contributed by atoms with Gasteiger partial charge in [0.25, 0.3) is 0 Å². The number of amides is 1. The standard InChI is InChI=1S/C22H29N3O6S2/c1-17(25(32(3,27)28)19-9-11-20(31-2)12-10-19)22(26)23-18-7-13-21(14-8-18)33(29,30)24-15-5-4-6-16-24/h7-14,17H,4-6,15-16H2,1-3H3,(H,23,26)/t17-/m0/s1. The Morgan fingerprint density at radius 3 is 2.06 bits per heavy atom. The van der Waals surface area contributed by atoms with Crippen LogP contribution in [0.2, 0.25) is 0 Å². The van der Waals surface area contributed by atoms with E-state index in [-0.39, 0.29) is 4.90 Å². The highest BCUT2D eigenvalue weighted by molar-refractivity contribution is 7.92. The van der Waals surface area contributed by atoms with Crippen molar-refractivity contribution in [3.63, 3.8) is 0 Å². The number of hydrogen-bond acceptors (Lipinski definition) is 6. The van der Waals surface area contributed by atoms with E-state index in [0.717, 1.165) is 29.8 Å². The molecule has 0 bridgehead atoms. The number of nitrogens with one attached hydrogen (secondary N) is 1. The number of carbonyl (C=O) groups is 1. The average Bonchev–Trinajstić information content (AvgIpc) is 2.79. The van der Waals surface area contributed by atoms with Crippen molar-refractivity contribution in [2.75, 3.05) is 36.1 Å². The Morgan fingerprint density at radius 2 is 1.55 bits per heavy atom. The molecule has 1 atom stereocenters. The summed E-state index contributed by atoms with van der Waals surface area (Å²) in [6.45, 7) is 2.49. The number of benzene rings is 2. The second-order valence-electron chi connectivity index (χ2n) is 7.91. The third-order valence-corrected chi connectivity index (χ3v) is 8.64. The lowest BCUT2D eigenvalue weighted by Crippen LogP contribution is -2.45. The van der Waals surface area contributed by atoms with Crippen LogP contribution in [0.3, 0.4) is 0 Å².